The number of allylic oxidation sites excluding steroid dienone is 2. The van der Waals surface area contributed by atoms with Gasteiger partial charge in [0.25, 0.3) is 5.91 Å². The molecule has 7 nitrogen and oxygen atoms in total. The highest BCUT2D eigenvalue weighted by molar-refractivity contribution is 8.02. The first kappa shape index (κ1) is 30.1. The molecular weight excluding hydrogens is 534 g/mol. The fraction of sp³-hybridized carbons (Fsp3) is 0.267. The molecule has 0 aliphatic carbocycles. The van der Waals surface area contributed by atoms with Gasteiger partial charge in [-0.3, -0.25) is 9.59 Å². The number of ether oxygens (including phenoxy) is 2. The molecule has 0 radical (unpaired) electrons. The van der Waals surface area contributed by atoms with Crippen molar-refractivity contribution in [3.63, 3.8) is 0 Å². The van der Waals surface area contributed by atoms with Crippen LogP contribution in [-0.2, 0) is 20.7 Å². The SMILES string of the molecule is C=C(N)/C(C(=C)COc1cccc(CC(=O)Nc2ccc(Cl)cc2)c1)=C(SC)\C(=C/C)C(=O)N1CCOCC1. The van der Waals surface area contributed by atoms with Crippen LogP contribution in [-0.4, -0.2) is 55.9 Å². The van der Waals surface area contributed by atoms with Crippen molar-refractivity contribution in [3.05, 3.63) is 106 Å². The Morgan fingerprint density at radius 2 is 1.87 bits per heavy atom. The van der Waals surface area contributed by atoms with Gasteiger partial charge in [0.05, 0.1) is 19.6 Å². The first-order valence-corrected chi connectivity index (χ1v) is 14.1. The fourth-order valence-electron chi connectivity index (χ4n) is 4.08. The average Bonchev–Trinajstić information content (AvgIpc) is 2.93. The Morgan fingerprint density at radius 1 is 1.18 bits per heavy atom. The normalized spacial score (nSPS) is 14.3. The summed E-state index contributed by atoms with van der Waals surface area (Å²) in [7, 11) is 0. The zero-order valence-corrected chi connectivity index (χ0v) is 23.9. The number of morpholine rings is 1. The largest absolute Gasteiger partial charge is 0.489 e. The fourth-order valence-corrected chi connectivity index (χ4v) is 5.11. The van der Waals surface area contributed by atoms with Gasteiger partial charge < -0.3 is 25.4 Å². The Labute approximate surface area is 239 Å². The average molecular weight is 568 g/mol. The zero-order valence-electron chi connectivity index (χ0n) is 22.3. The standard InChI is InChI=1S/C30H34ClN3O4S/c1-5-26(30(36)34-13-15-37-16-14-34)29(39-4)28(21(3)32)20(2)19-38-25-8-6-7-22(17-25)18-27(35)33-24-11-9-23(31)10-12-24/h5-12,17H,2-3,13-16,18-19,32H2,1,4H3,(H,33,35)/b26-5+,29-28+. The smallest absolute Gasteiger partial charge is 0.254 e. The maximum absolute atomic E-state index is 13.3. The van der Waals surface area contributed by atoms with Crippen LogP contribution in [0, 0.1) is 0 Å². The first-order valence-electron chi connectivity index (χ1n) is 12.5. The summed E-state index contributed by atoms with van der Waals surface area (Å²) in [6, 6.07) is 14.2. The van der Waals surface area contributed by atoms with Crippen LogP contribution < -0.4 is 15.8 Å². The number of nitrogens with two attached hydrogens (primary N) is 1. The lowest BCUT2D eigenvalue weighted by molar-refractivity contribution is -0.130. The lowest BCUT2D eigenvalue weighted by Gasteiger charge is -2.29. The zero-order chi connectivity index (χ0) is 28.4. The number of nitrogens with one attached hydrogen (secondary N) is 1. The molecule has 0 atom stereocenters. The molecule has 206 valence electrons. The molecule has 1 aliphatic rings. The van der Waals surface area contributed by atoms with E-state index in [-0.39, 0.29) is 24.8 Å². The summed E-state index contributed by atoms with van der Waals surface area (Å²) in [5, 5.41) is 3.46. The molecule has 3 N–H and O–H groups in total. The van der Waals surface area contributed by atoms with E-state index in [0.29, 0.717) is 70.1 Å². The molecule has 1 fully saturated rings. The van der Waals surface area contributed by atoms with Gasteiger partial charge in [-0.25, -0.2) is 0 Å². The number of thioether (sulfide) groups is 1. The van der Waals surface area contributed by atoms with Crippen LogP contribution in [0.1, 0.15) is 12.5 Å². The summed E-state index contributed by atoms with van der Waals surface area (Å²) in [6.07, 6.45) is 3.86. The van der Waals surface area contributed by atoms with Crippen molar-refractivity contribution >= 4 is 40.9 Å². The Hall–Kier alpha value is -3.46. The molecule has 3 rings (SSSR count). The number of amides is 2. The Bertz CT molecular complexity index is 1280. The Kier molecular flexibility index (Phi) is 11.3. The molecule has 2 aromatic rings. The molecule has 1 heterocycles. The highest BCUT2D eigenvalue weighted by Gasteiger charge is 2.25. The second-order valence-corrected chi connectivity index (χ2v) is 10.1. The van der Waals surface area contributed by atoms with Gasteiger partial charge in [0.1, 0.15) is 12.4 Å². The van der Waals surface area contributed by atoms with Crippen LogP contribution in [0.25, 0.3) is 0 Å². The number of nitrogens with zero attached hydrogens (tertiary/aromatic N) is 1. The molecule has 0 spiro atoms. The first-order chi connectivity index (χ1) is 18.7. The third-order valence-electron chi connectivity index (χ3n) is 5.97. The molecule has 2 amide bonds. The number of hydrogen-bond acceptors (Lipinski definition) is 6. The summed E-state index contributed by atoms with van der Waals surface area (Å²) in [6.45, 7) is 12.2. The molecule has 0 aromatic heterocycles. The molecule has 9 heteroatoms. The summed E-state index contributed by atoms with van der Waals surface area (Å²) in [5.74, 6) is 0.343. The Morgan fingerprint density at radius 3 is 2.49 bits per heavy atom. The Balaban J connectivity index is 1.70. The number of carbonyl (C=O) groups excluding carboxylic acids is 2. The number of benzene rings is 2. The minimum atomic E-state index is -0.156. The lowest BCUT2D eigenvalue weighted by atomic mass is 10.0. The van der Waals surface area contributed by atoms with Crippen molar-refractivity contribution in [1.82, 2.24) is 4.90 Å². The van der Waals surface area contributed by atoms with Gasteiger partial charge in [-0.15, -0.1) is 11.8 Å². The minimum absolute atomic E-state index is 0.0813. The predicted octanol–water partition coefficient (Wildman–Crippen LogP) is 5.35. The predicted molar refractivity (Wildman–Crippen MR) is 160 cm³/mol. The number of anilines is 1. The van der Waals surface area contributed by atoms with Crippen LogP contribution in [0.2, 0.25) is 5.02 Å². The van der Waals surface area contributed by atoms with E-state index < -0.39 is 0 Å². The van der Waals surface area contributed by atoms with E-state index in [1.54, 1.807) is 35.2 Å². The quantitative estimate of drug-likeness (QED) is 0.281. The molecule has 1 aliphatic heterocycles. The van der Waals surface area contributed by atoms with E-state index >= 15 is 0 Å². The second kappa shape index (κ2) is 14.6. The van der Waals surface area contributed by atoms with Crippen LogP contribution in [0.5, 0.6) is 5.75 Å². The third kappa shape index (κ3) is 8.51. The minimum Gasteiger partial charge on any atom is -0.489 e. The highest BCUT2D eigenvalue weighted by atomic mass is 35.5. The summed E-state index contributed by atoms with van der Waals surface area (Å²) >= 11 is 7.32. The maximum Gasteiger partial charge on any atom is 0.254 e. The number of rotatable bonds is 11. The number of halogens is 1. The summed E-state index contributed by atoms with van der Waals surface area (Å²) < 4.78 is 11.4. The van der Waals surface area contributed by atoms with Crippen molar-refractivity contribution in [2.24, 2.45) is 5.73 Å². The monoisotopic (exact) mass is 567 g/mol. The summed E-state index contributed by atoms with van der Waals surface area (Å²) in [4.78, 5) is 28.3. The van der Waals surface area contributed by atoms with E-state index in [1.165, 1.54) is 11.8 Å². The molecule has 1 saturated heterocycles. The van der Waals surface area contributed by atoms with Crippen LogP contribution >= 0.6 is 23.4 Å². The van der Waals surface area contributed by atoms with Crippen molar-refractivity contribution in [2.75, 3.05) is 44.5 Å². The molecular formula is C30H34ClN3O4S. The summed E-state index contributed by atoms with van der Waals surface area (Å²) in [5.41, 5.74) is 9.69. The molecule has 0 bridgehead atoms. The van der Waals surface area contributed by atoms with E-state index in [9.17, 15) is 9.59 Å². The van der Waals surface area contributed by atoms with Crippen LogP contribution in [0.4, 0.5) is 5.69 Å². The highest BCUT2D eigenvalue weighted by Crippen LogP contribution is 2.33. The van der Waals surface area contributed by atoms with E-state index in [1.807, 2.05) is 37.4 Å². The van der Waals surface area contributed by atoms with Crippen LogP contribution in [0.3, 0.4) is 0 Å². The van der Waals surface area contributed by atoms with Gasteiger partial charge in [0.2, 0.25) is 5.91 Å². The van der Waals surface area contributed by atoms with E-state index in [0.717, 1.165) is 5.56 Å². The van der Waals surface area contributed by atoms with E-state index in [4.69, 9.17) is 26.8 Å². The topological polar surface area (TPSA) is 93.9 Å². The molecule has 39 heavy (non-hydrogen) atoms. The van der Waals surface area contributed by atoms with Crippen molar-refractivity contribution in [2.45, 2.75) is 13.3 Å². The van der Waals surface area contributed by atoms with E-state index in [2.05, 4.69) is 18.5 Å². The molecule has 2 aromatic carbocycles. The van der Waals surface area contributed by atoms with Crippen molar-refractivity contribution < 1.29 is 19.1 Å². The second-order valence-electron chi connectivity index (χ2n) is 8.81. The van der Waals surface area contributed by atoms with Gasteiger partial charge in [-0.1, -0.05) is 43.0 Å². The maximum atomic E-state index is 13.3. The molecule has 0 saturated carbocycles. The van der Waals surface area contributed by atoms with Gasteiger partial charge in [0, 0.05) is 45.5 Å². The van der Waals surface area contributed by atoms with Gasteiger partial charge in [-0.2, -0.15) is 0 Å². The van der Waals surface area contributed by atoms with Gasteiger partial charge in [0.15, 0.2) is 0 Å². The number of carbonyl (C=O) groups is 2. The van der Waals surface area contributed by atoms with Gasteiger partial charge in [-0.05, 0) is 60.7 Å². The number of hydrogen-bond donors (Lipinski definition) is 2. The molecule has 0 unspecified atom stereocenters. The lowest BCUT2D eigenvalue weighted by Crippen LogP contribution is -2.41. The van der Waals surface area contributed by atoms with Crippen molar-refractivity contribution in [1.29, 1.82) is 0 Å². The van der Waals surface area contributed by atoms with Crippen molar-refractivity contribution in [3.8, 4) is 5.75 Å². The van der Waals surface area contributed by atoms with Crippen LogP contribution in [0.15, 0.2) is 95.1 Å². The van der Waals surface area contributed by atoms with Gasteiger partial charge >= 0.3 is 0 Å². The third-order valence-corrected chi connectivity index (χ3v) is 7.06.